The summed E-state index contributed by atoms with van der Waals surface area (Å²) in [4.78, 5) is 12.4. The molecule has 0 aromatic heterocycles. The Morgan fingerprint density at radius 1 is 1.41 bits per heavy atom. The molecule has 0 saturated carbocycles. The van der Waals surface area contributed by atoms with Crippen LogP contribution in [0.2, 0.25) is 0 Å². The van der Waals surface area contributed by atoms with Crippen LogP contribution in [-0.2, 0) is 0 Å². The lowest BCUT2D eigenvalue weighted by atomic mass is 9.98. The van der Waals surface area contributed by atoms with Crippen molar-refractivity contribution in [1.82, 2.24) is 5.01 Å². The highest BCUT2D eigenvalue weighted by atomic mass is 19.4. The number of alkyl halides is 3. The van der Waals surface area contributed by atoms with Crippen LogP contribution < -0.4 is 0 Å². The lowest BCUT2D eigenvalue weighted by Crippen LogP contribution is -2.56. The average molecular weight is 314 g/mol. The Bertz CT molecular complexity index is 625. The van der Waals surface area contributed by atoms with E-state index in [0.29, 0.717) is 0 Å². The van der Waals surface area contributed by atoms with Gasteiger partial charge in [-0.2, -0.15) is 23.3 Å². The van der Waals surface area contributed by atoms with E-state index in [1.54, 1.807) is 32.9 Å². The van der Waals surface area contributed by atoms with E-state index in [1.807, 2.05) is 0 Å². The number of carbonyl (C=O) groups is 1. The first kappa shape index (κ1) is 16.5. The molecule has 0 radical (unpaired) electrons. The van der Waals surface area contributed by atoms with Gasteiger partial charge in [-0.15, -0.1) is 0 Å². The van der Waals surface area contributed by atoms with Crippen LogP contribution in [0.25, 0.3) is 0 Å². The Morgan fingerprint density at radius 3 is 2.55 bits per heavy atom. The van der Waals surface area contributed by atoms with Gasteiger partial charge in [-0.3, -0.25) is 4.79 Å². The molecule has 0 aliphatic carbocycles. The van der Waals surface area contributed by atoms with E-state index in [9.17, 15) is 23.1 Å². The number of carbonyl (C=O) groups excluding carboxylic acids is 1. The zero-order valence-electron chi connectivity index (χ0n) is 12.5. The van der Waals surface area contributed by atoms with Crippen molar-refractivity contribution in [1.29, 1.82) is 0 Å². The quantitative estimate of drug-likeness (QED) is 0.912. The van der Waals surface area contributed by atoms with E-state index in [4.69, 9.17) is 0 Å². The van der Waals surface area contributed by atoms with E-state index in [0.717, 1.165) is 5.56 Å². The van der Waals surface area contributed by atoms with Gasteiger partial charge in [0, 0.05) is 17.7 Å². The minimum absolute atomic E-state index is 0.0523. The summed E-state index contributed by atoms with van der Waals surface area (Å²) in [6, 6.07) is 6.15. The fraction of sp³-hybridized carbons (Fsp3) is 0.467. The minimum atomic E-state index is -4.99. The van der Waals surface area contributed by atoms with Crippen molar-refractivity contribution in [2.24, 2.45) is 11.0 Å². The highest BCUT2D eigenvalue weighted by Crippen LogP contribution is 2.41. The van der Waals surface area contributed by atoms with Gasteiger partial charge in [-0.05, 0) is 25.0 Å². The van der Waals surface area contributed by atoms with Gasteiger partial charge in [-0.1, -0.05) is 31.5 Å². The summed E-state index contributed by atoms with van der Waals surface area (Å²) in [5.41, 5.74) is -2.38. The summed E-state index contributed by atoms with van der Waals surface area (Å²) < 4.78 is 39.8. The molecular weight excluding hydrogens is 297 g/mol. The van der Waals surface area contributed by atoms with Gasteiger partial charge in [0.1, 0.15) is 0 Å². The molecule has 0 fully saturated rings. The van der Waals surface area contributed by atoms with Crippen molar-refractivity contribution >= 4 is 11.6 Å². The normalized spacial score (nSPS) is 22.2. The molecule has 1 aromatic carbocycles. The number of hydrogen-bond donors (Lipinski definition) is 1. The summed E-state index contributed by atoms with van der Waals surface area (Å²) in [5, 5.41) is 14.0. The number of rotatable bonds is 2. The summed E-state index contributed by atoms with van der Waals surface area (Å²) in [5.74, 6) is -1.27. The van der Waals surface area contributed by atoms with Gasteiger partial charge < -0.3 is 5.11 Å². The Hall–Kier alpha value is -1.89. The SMILES string of the molecule is Cc1cccc(C(=O)N2N=C(C(C)C)C[C@]2(O)C(F)(F)F)c1. The molecule has 1 atom stereocenters. The molecule has 4 nitrogen and oxygen atoms in total. The molecule has 0 bridgehead atoms. The molecule has 1 aliphatic rings. The molecule has 22 heavy (non-hydrogen) atoms. The van der Waals surface area contributed by atoms with Crippen LogP contribution >= 0.6 is 0 Å². The maximum Gasteiger partial charge on any atom is 0.438 e. The lowest BCUT2D eigenvalue weighted by molar-refractivity contribution is -0.297. The molecule has 1 aromatic rings. The number of benzene rings is 1. The van der Waals surface area contributed by atoms with E-state index >= 15 is 0 Å². The first-order valence-electron chi connectivity index (χ1n) is 6.84. The van der Waals surface area contributed by atoms with Crippen LogP contribution in [0.4, 0.5) is 13.2 Å². The van der Waals surface area contributed by atoms with Crippen LogP contribution in [0.15, 0.2) is 29.4 Å². The Kier molecular flexibility index (Phi) is 4.04. The van der Waals surface area contributed by atoms with Crippen molar-refractivity contribution in [2.75, 3.05) is 0 Å². The van der Waals surface area contributed by atoms with Gasteiger partial charge in [0.15, 0.2) is 0 Å². The van der Waals surface area contributed by atoms with Crippen LogP contribution in [0, 0.1) is 12.8 Å². The van der Waals surface area contributed by atoms with E-state index < -0.39 is 24.2 Å². The first-order chi connectivity index (χ1) is 10.1. The van der Waals surface area contributed by atoms with Crippen molar-refractivity contribution in [3.05, 3.63) is 35.4 Å². The number of amides is 1. The standard InChI is InChI=1S/C15H17F3N2O2/c1-9(2)12-8-14(22,15(16,17)18)20(19-12)13(21)11-6-4-5-10(3)7-11/h4-7,9,22H,8H2,1-3H3/t14-/m0/s1. The molecule has 1 amide bonds. The fourth-order valence-corrected chi connectivity index (χ4v) is 2.23. The van der Waals surface area contributed by atoms with Gasteiger partial charge >= 0.3 is 6.18 Å². The number of halogens is 3. The molecule has 0 spiro atoms. The molecule has 2 rings (SSSR count). The van der Waals surface area contributed by atoms with Crippen molar-refractivity contribution < 1.29 is 23.1 Å². The van der Waals surface area contributed by atoms with Crippen LogP contribution in [0.3, 0.4) is 0 Å². The van der Waals surface area contributed by atoms with Gasteiger partial charge in [0.05, 0.1) is 0 Å². The second kappa shape index (κ2) is 5.39. The molecule has 1 aliphatic heterocycles. The van der Waals surface area contributed by atoms with E-state index in [-0.39, 0.29) is 22.2 Å². The molecule has 1 N–H and O–H groups in total. The third kappa shape index (κ3) is 2.72. The summed E-state index contributed by atoms with van der Waals surface area (Å²) in [6.07, 6.45) is -5.72. The zero-order valence-corrected chi connectivity index (χ0v) is 12.5. The Morgan fingerprint density at radius 2 is 2.05 bits per heavy atom. The van der Waals surface area contributed by atoms with Crippen molar-refractivity contribution in [3.8, 4) is 0 Å². The maximum atomic E-state index is 13.3. The van der Waals surface area contributed by atoms with Gasteiger partial charge in [-0.25, -0.2) is 0 Å². The molecule has 1 heterocycles. The third-order valence-corrected chi connectivity index (χ3v) is 3.58. The largest absolute Gasteiger partial charge is 0.438 e. The average Bonchev–Trinajstić information content (AvgIpc) is 2.77. The van der Waals surface area contributed by atoms with Gasteiger partial charge in [0.2, 0.25) is 0 Å². The number of hydrazone groups is 1. The fourth-order valence-electron chi connectivity index (χ4n) is 2.23. The monoisotopic (exact) mass is 314 g/mol. The summed E-state index contributed by atoms with van der Waals surface area (Å²) >= 11 is 0. The second-order valence-electron chi connectivity index (χ2n) is 5.72. The highest BCUT2D eigenvalue weighted by Gasteiger charge is 2.63. The molecule has 0 unspecified atom stereocenters. The van der Waals surface area contributed by atoms with Crippen LogP contribution in [-0.4, -0.2) is 33.6 Å². The topological polar surface area (TPSA) is 52.9 Å². The summed E-state index contributed by atoms with van der Waals surface area (Å²) in [6.45, 7) is 5.05. The molecule has 0 saturated heterocycles. The number of aliphatic hydroxyl groups is 1. The molecule has 7 heteroatoms. The van der Waals surface area contributed by atoms with E-state index in [2.05, 4.69) is 5.10 Å². The third-order valence-electron chi connectivity index (χ3n) is 3.58. The first-order valence-corrected chi connectivity index (χ1v) is 6.84. The smallest absolute Gasteiger partial charge is 0.362 e. The summed E-state index contributed by atoms with van der Waals surface area (Å²) in [7, 11) is 0. The predicted molar refractivity (Wildman–Crippen MR) is 75.2 cm³/mol. The molecular formula is C15H17F3N2O2. The predicted octanol–water partition coefficient (Wildman–Crippen LogP) is 3.10. The highest BCUT2D eigenvalue weighted by molar-refractivity contribution is 5.98. The maximum absolute atomic E-state index is 13.3. The lowest BCUT2D eigenvalue weighted by Gasteiger charge is -2.32. The minimum Gasteiger partial charge on any atom is -0.362 e. The Labute approximate surface area is 126 Å². The van der Waals surface area contributed by atoms with Crippen LogP contribution in [0.5, 0.6) is 0 Å². The molecule has 120 valence electrons. The van der Waals surface area contributed by atoms with Crippen molar-refractivity contribution in [2.45, 2.75) is 39.1 Å². The van der Waals surface area contributed by atoms with Crippen LogP contribution in [0.1, 0.15) is 36.2 Å². The zero-order chi connectivity index (χ0) is 16.7. The Balaban J connectivity index is 2.46. The number of aryl methyl sites for hydroxylation is 1. The van der Waals surface area contributed by atoms with Crippen molar-refractivity contribution in [3.63, 3.8) is 0 Å². The second-order valence-corrected chi connectivity index (χ2v) is 5.72. The number of nitrogens with zero attached hydrogens (tertiary/aromatic N) is 2. The van der Waals surface area contributed by atoms with E-state index in [1.165, 1.54) is 12.1 Å². The number of hydrogen-bond acceptors (Lipinski definition) is 3. The van der Waals surface area contributed by atoms with Gasteiger partial charge in [0.25, 0.3) is 11.6 Å².